The number of benzene rings is 2. The zero-order chi connectivity index (χ0) is 26.9. The maximum Gasteiger partial charge on any atom is 0.320 e. The van der Waals surface area contributed by atoms with E-state index in [1.165, 1.54) is 5.56 Å². The first-order valence-corrected chi connectivity index (χ1v) is 14.3. The average molecular weight is 521 g/mol. The number of hydrogen-bond acceptors (Lipinski definition) is 4. The van der Waals surface area contributed by atoms with Crippen molar-refractivity contribution in [3.8, 4) is 0 Å². The van der Waals surface area contributed by atoms with Crippen molar-refractivity contribution in [2.45, 2.75) is 52.5 Å². The maximum atomic E-state index is 12.8. The summed E-state index contributed by atoms with van der Waals surface area (Å²) in [4.78, 5) is 32.1. The number of aryl methyl sites for hydroxylation is 1. The highest BCUT2D eigenvalue weighted by Crippen LogP contribution is 2.23. The van der Waals surface area contributed by atoms with E-state index in [1.54, 1.807) is 0 Å². The number of piperidine rings is 1. The first kappa shape index (κ1) is 28.1. The van der Waals surface area contributed by atoms with Crippen molar-refractivity contribution in [2.24, 2.45) is 5.92 Å². The van der Waals surface area contributed by atoms with E-state index in [1.807, 2.05) is 53.1 Å². The molecule has 1 N–H and O–H groups in total. The summed E-state index contributed by atoms with van der Waals surface area (Å²) in [5.74, 6) is 0.527. The van der Waals surface area contributed by atoms with E-state index in [-0.39, 0.29) is 11.9 Å². The number of carbonyl (C=O) groups excluding carboxylic acids is 2. The molecule has 2 saturated heterocycles. The van der Waals surface area contributed by atoms with Crippen molar-refractivity contribution in [2.75, 3.05) is 57.8 Å². The smallest absolute Gasteiger partial charge is 0.320 e. The van der Waals surface area contributed by atoms with Gasteiger partial charge in [-0.15, -0.1) is 0 Å². The minimum absolute atomic E-state index is 0.0822. The predicted octanol–water partition coefficient (Wildman–Crippen LogP) is 5.05. The van der Waals surface area contributed by atoms with E-state index in [4.69, 9.17) is 4.74 Å². The molecule has 0 spiro atoms. The Morgan fingerprint density at radius 3 is 2.39 bits per heavy atom. The van der Waals surface area contributed by atoms with Crippen LogP contribution in [0.4, 0.5) is 10.5 Å². The summed E-state index contributed by atoms with van der Waals surface area (Å²) in [6.45, 7) is 13.1. The van der Waals surface area contributed by atoms with Gasteiger partial charge in [0.1, 0.15) is 0 Å². The molecule has 3 amide bonds. The van der Waals surface area contributed by atoms with Gasteiger partial charge in [0, 0.05) is 50.0 Å². The number of nitrogens with one attached hydrogen (secondary N) is 1. The summed E-state index contributed by atoms with van der Waals surface area (Å²) >= 11 is 0. The molecule has 2 aromatic rings. The number of urea groups is 1. The van der Waals surface area contributed by atoms with E-state index in [0.29, 0.717) is 43.8 Å². The van der Waals surface area contributed by atoms with Gasteiger partial charge in [0.2, 0.25) is 0 Å². The van der Waals surface area contributed by atoms with Gasteiger partial charge >= 0.3 is 6.03 Å². The summed E-state index contributed by atoms with van der Waals surface area (Å²) in [5.41, 5.74) is 3.87. The Labute approximate surface area is 228 Å². The molecule has 0 bridgehead atoms. The lowest BCUT2D eigenvalue weighted by atomic mass is 9.95. The third-order valence-electron chi connectivity index (χ3n) is 7.82. The van der Waals surface area contributed by atoms with Crippen LogP contribution >= 0.6 is 0 Å². The van der Waals surface area contributed by atoms with Crippen LogP contribution in [0.5, 0.6) is 0 Å². The normalized spacial score (nSPS) is 17.5. The molecule has 0 radical (unpaired) electrons. The van der Waals surface area contributed by atoms with Crippen LogP contribution in [-0.4, -0.2) is 85.2 Å². The second-order valence-electron chi connectivity index (χ2n) is 10.9. The summed E-state index contributed by atoms with van der Waals surface area (Å²) in [6.07, 6.45) is 4.17. The van der Waals surface area contributed by atoms with Crippen molar-refractivity contribution >= 4 is 17.6 Å². The number of morpholine rings is 1. The van der Waals surface area contributed by atoms with Crippen LogP contribution < -0.4 is 5.32 Å². The van der Waals surface area contributed by atoms with Crippen LogP contribution in [0.1, 0.15) is 54.6 Å². The van der Waals surface area contributed by atoms with Gasteiger partial charge in [0.15, 0.2) is 0 Å². The molecule has 2 heterocycles. The molecule has 2 aliphatic rings. The van der Waals surface area contributed by atoms with E-state index >= 15 is 0 Å². The fourth-order valence-corrected chi connectivity index (χ4v) is 5.53. The van der Waals surface area contributed by atoms with Crippen molar-refractivity contribution in [3.63, 3.8) is 0 Å². The lowest BCUT2D eigenvalue weighted by Crippen LogP contribution is -2.51. The van der Waals surface area contributed by atoms with Gasteiger partial charge in [-0.25, -0.2) is 4.79 Å². The van der Waals surface area contributed by atoms with Gasteiger partial charge in [0.25, 0.3) is 5.91 Å². The Balaban J connectivity index is 1.29. The molecule has 2 fully saturated rings. The largest absolute Gasteiger partial charge is 0.378 e. The van der Waals surface area contributed by atoms with Gasteiger partial charge in [0.05, 0.1) is 13.2 Å². The number of ether oxygens (including phenoxy) is 1. The van der Waals surface area contributed by atoms with Gasteiger partial charge in [-0.05, 0) is 81.8 Å². The minimum atomic E-state index is -0.0822. The van der Waals surface area contributed by atoms with Crippen LogP contribution in [0.25, 0.3) is 0 Å². The van der Waals surface area contributed by atoms with E-state index in [2.05, 4.69) is 36.2 Å². The quantitative estimate of drug-likeness (QED) is 0.502. The SMILES string of the molecule is CCCN(CC1CCN(C(=O)N2CCOCC2)CC1)C(C)Cc1cccc(NC(=O)c2ccc(C)cc2)c1. The Kier molecular flexibility index (Phi) is 10.2. The fourth-order valence-electron chi connectivity index (χ4n) is 5.53. The number of nitrogens with zero attached hydrogens (tertiary/aromatic N) is 3. The van der Waals surface area contributed by atoms with Gasteiger partial charge in [-0.1, -0.05) is 36.8 Å². The van der Waals surface area contributed by atoms with Crippen molar-refractivity contribution < 1.29 is 14.3 Å². The molecule has 1 atom stereocenters. The van der Waals surface area contributed by atoms with E-state index in [9.17, 15) is 9.59 Å². The second-order valence-corrected chi connectivity index (χ2v) is 10.9. The molecule has 4 rings (SSSR count). The van der Waals surface area contributed by atoms with Crippen molar-refractivity contribution in [1.29, 1.82) is 0 Å². The lowest BCUT2D eigenvalue weighted by Gasteiger charge is -2.39. The molecule has 38 heavy (non-hydrogen) atoms. The Morgan fingerprint density at radius 2 is 1.71 bits per heavy atom. The molecule has 2 aliphatic heterocycles. The molecule has 0 saturated carbocycles. The third-order valence-corrected chi connectivity index (χ3v) is 7.82. The van der Waals surface area contributed by atoms with E-state index in [0.717, 1.165) is 63.1 Å². The van der Waals surface area contributed by atoms with Crippen LogP contribution in [0.3, 0.4) is 0 Å². The number of rotatable bonds is 9. The molecule has 1 unspecified atom stereocenters. The second kappa shape index (κ2) is 13.8. The van der Waals surface area contributed by atoms with Gasteiger partial charge in [-0.2, -0.15) is 0 Å². The summed E-state index contributed by atoms with van der Waals surface area (Å²) in [6, 6.07) is 16.5. The minimum Gasteiger partial charge on any atom is -0.378 e. The summed E-state index contributed by atoms with van der Waals surface area (Å²) in [5, 5.41) is 3.05. The van der Waals surface area contributed by atoms with Crippen molar-refractivity contribution in [1.82, 2.24) is 14.7 Å². The van der Waals surface area contributed by atoms with Crippen molar-refractivity contribution in [3.05, 3.63) is 65.2 Å². The molecule has 7 heteroatoms. The zero-order valence-corrected chi connectivity index (χ0v) is 23.3. The number of carbonyl (C=O) groups is 2. The van der Waals surface area contributed by atoms with E-state index < -0.39 is 0 Å². The lowest BCUT2D eigenvalue weighted by molar-refractivity contribution is 0.0386. The van der Waals surface area contributed by atoms with Gasteiger partial charge < -0.3 is 24.8 Å². The molecular weight excluding hydrogens is 476 g/mol. The Morgan fingerprint density at radius 1 is 1.03 bits per heavy atom. The fraction of sp³-hybridized carbons (Fsp3) is 0.548. The standard InChI is InChI=1S/C31H44N4O3/c1-4-14-35(23-26-12-15-33(16-13-26)31(37)34-17-19-38-20-18-34)25(3)21-27-6-5-7-29(22-27)32-30(36)28-10-8-24(2)9-11-28/h5-11,22,25-26H,4,12-21,23H2,1-3H3,(H,32,36). The first-order valence-electron chi connectivity index (χ1n) is 14.3. The highest BCUT2D eigenvalue weighted by Gasteiger charge is 2.28. The Bertz CT molecular complexity index is 1040. The van der Waals surface area contributed by atoms with Crippen LogP contribution in [0, 0.1) is 12.8 Å². The topological polar surface area (TPSA) is 65.1 Å². The Hall–Kier alpha value is -2.90. The first-order chi connectivity index (χ1) is 18.4. The summed E-state index contributed by atoms with van der Waals surface area (Å²) in [7, 11) is 0. The molecule has 0 aromatic heterocycles. The monoisotopic (exact) mass is 520 g/mol. The third kappa shape index (κ3) is 7.81. The maximum absolute atomic E-state index is 12.8. The highest BCUT2D eigenvalue weighted by molar-refractivity contribution is 6.04. The predicted molar refractivity (Wildman–Crippen MR) is 153 cm³/mol. The van der Waals surface area contributed by atoms with Crippen LogP contribution in [-0.2, 0) is 11.2 Å². The zero-order valence-electron chi connectivity index (χ0n) is 23.3. The molecular formula is C31H44N4O3. The average Bonchev–Trinajstić information content (AvgIpc) is 2.94. The molecule has 0 aliphatic carbocycles. The number of amides is 3. The van der Waals surface area contributed by atoms with Crippen LogP contribution in [0.2, 0.25) is 0 Å². The molecule has 206 valence electrons. The van der Waals surface area contributed by atoms with Gasteiger partial charge in [-0.3, -0.25) is 4.79 Å². The molecule has 2 aromatic carbocycles. The number of anilines is 1. The number of likely N-dealkylation sites (tertiary alicyclic amines) is 1. The molecule has 7 nitrogen and oxygen atoms in total. The van der Waals surface area contributed by atoms with Crippen LogP contribution in [0.15, 0.2) is 48.5 Å². The summed E-state index contributed by atoms with van der Waals surface area (Å²) < 4.78 is 5.39. The number of hydrogen-bond donors (Lipinski definition) is 1. The highest BCUT2D eigenvalue weighted by atomic mass is 16.5.